The highest BCUT2D eigenvalue weighted by Gasteiger charge is 2.31. The largest absolute Gasteiger partial charge is 0.573 e. The van der Waals surface area contributed by atoms with Gasteiger partial charge in [0.1, 0.15) is 5.75 Å². The highest BCUT2D eigenvalue weighted by molar-refractivity contribution is 5.58. The quantitative estimate of drug-likeness (QED) is 0.451. The van der Waals surface area contributed by atoms with Crippen LogP contribution in [0.1, 0.15) is 16.8 Å². The van der Waals surface area contributed by atoms with E-state index in [9.17, 15) is 13.2 Å². The molecule has 0 aliphatic heterocycles. The molecule has 0 saturated heterocycles. The number of benzene rings is 2. The van der Waals surface area contributed by atoms with Crippen molar-refractivity contribution in [1.29, 1.82) is 0 Å². The van der Waals surface area contributed by atoms with Crippen molar-refractivity contribution in [3.05, 3.63) is 71.4 Å². The number of aryl methyl sites for hydroxylation is 2. The lowest BCUT2D eigenvalue weighted by Crippen LogP contribution is -2.16. The summed E-state index contributed by atoms with van der Waals surface area (Å²) in [6.45, 7) is 4.57. The van der Waals surface area contributed by atoms with Gasteiger partial charge in [0.15, 0.2) is 5.69 Å². The molecule has 0 atom stereocenters. The van der Waals surface area contributed by atoms with Gasteiger partial charge in [-0.25, -0.2) is 0 Å². The number of aromatic nitrogens is 4. The third kappa shape index (κ3) is 4.51. The highest BCUT2D eigenvalue weighted by atomic mass is 19.4. The van der Waals surface area contributed by atoms with Crippen LogP contribution in [0.15, 0.2) is 59.1 Å². The van der Waals surface area contributed by atoms with Gasteiger partial charge in [0.05, 0.1) is 6.54 Å². The standard InChI is InChI=1S/C21H17F3N4O2/c1-13-4-3-5-15(10-13)12-28-14(2)11-18(26-28)20-25-19(27-30-20)16-6-8-17(9-7-16)29-21(22,23)24/h3-11H,12H2,1-2H3. The van der Waals surface area contributed by atoms with E-state index in [0.29, 0.717) is 17.8 Å². The van der Waals surface area contributed by atoms with Crippen LogP contribution < -0.4 is 4.74 Å². The second-order valence-corrected chi connectivity index (χ2v) is 6.81. The predicted molar refractivity (Wildman–Crippen MR) is 103 cm³/mol. The zero-order valence-electron chi connectivity index (χ0n) is 16.1. The monoisotopic (exact) mass is 414 g/mol. The summed E-state index contributed by atoms with van der Waals surface area (Å²) in [5.74, 6) is 0.154. The summed E-state index contributed by atoms with van der Waals surface area (Å²) < 4.78 is 47.8. The molecule has 6 nitrogen and oxygen atoms in total. The summed E-state index contributed by atoms with van der Waals surface area (Å²) in [6.07, 6.45) is -4.74. The van der Waals surface area contributed by atoms with Gasteiger partial charge < -0.3 is 9.26 Å². The van der Waals surface area contributed by atoms with Crippen LogP contribution in [0.2, 0.25) is 0 Å². The first-order chi connectivity index (χ1) is 14.3. The second kappa shape index (κ2) is 7.66. The number of nitrogens with zero attached hydrogens (tertiary/aromatic N) is 4. The first kappa shape index (κ1) is 19.7. The Bertz CT molecular complexity index is 1160. The first-order valence-electron chi connectivity index (χ1n) is 9.07. The summed E-state index contributed by atoms with van der Waals surface area (Å²) in [5.41, 5.74) is 4.25. The lowest BCUT2D eigenvalue weighted by Gasteiger charge is -2.08. The number of hydrogen-bond acceptors (Lipinski definition) is 5. The number of alkyl halides is 3. The first-order valence-corrected chi connectivity index (χ1v) is 9.07. The summed E-state index contributed by atoms with van der Waals surface area (Å²) in [7, 11) is 0. The van der Waals surface area contributed by atoms with Crippen molar-refractivity contribution in [2.45, 2.75) is 26.8 Å². The molecule has 0 bridgehead atoms. The Morgan fingerprint density at radius 3 is 2.50 bits per heavy atom. The van der Waals surface area contributed by atoms with Crippen molar-refractivity contribution in [2.24, 2.45) is 0 Å². The molecule has 9 heteroatoms. The fourth-order valence-electron chi connectivity index (χ4n) is 3.01. The molecule has 4 aromatic rings. The third-order valence-electron chi connectivity index (χ3n) is 4.39. The fourth-order valence-corrected chi connectivity index (χ4v) is 3.01. The molecule has 0 fully saturated rings. The van der Waals surface area contributed by atoms with Crippen LogP contribution in [-0.4, -0.2) is 26.3 Å². The van der Waals surface area contributed by atoms with Crippen molar-refractivity contribution in [2.75, 3.05) is 0 Å². The maximum absolute atomic E-state index is 12.3. The molecule has 30 heavy (non-hydrogen) atoms. The Kier molecular flexibility index (Phi) is 5.03. The number of halogens is 3. The molecular formula is C21H17F3N4O2. The van der Waals surface area contributed by atoms with Crippen LogP contribution in [0.3, 0.4) is 0 Å². The molecule has 0 N–H and O–H groups in total. The lowest BCUT2D eigenvalue weighted by atomic mass is 10.1. The minimum absolute atomic E-state index is 0.228. The van der Waals surface area contributed by atoms with Crippen molar-refractivity contribution >= 4 is 0 Å². The maximum atomic E-state index is 12.3. The summed E-state index contributed by atoms with van der Waals surface area (Å²) in [4.78, 5) is 4.31. The van der Waals surface area contributed by atoms with Gasteiger partial charge in [0.2, 0.25) is 5.82 Å². The maximum Gasteiger partial charge on any atom is 0.573 e. The van der Waals surface area contributed by atoms with Gasteiger partial charge in [0.25, 0.3) is 5.89 Å². The van der Waals surface area contributed by atoms with Crippen LogP contribution in [0.25, 0.3) is 23.0 Å². The van der Waals surface area contributed by atoms with E-state index in [1.165, 1.54) is 29.8 Å². The average molecular weight is 414 g/mol. The normalized spacial score (nSPS) is 11.6. The Balaban J connectivity index is 1.53. The summed E-state index contributed by atoms with van der Waals surface area (Å²) >= 11 is 0. The molecule has 0 spiro atoms. The Morgan fingerprint density at radius 1 is 1.03 bits per heavy atom. The average Bonchev–Trinajstić information content (AvgIpc) is 3.29. The zero-order valence-corrected chi connectivity index (χ0v) is 16.1. The van der Waals surface area contributed by atoms with E-state index >= 15 is 0 Å². The van der Waals surface area contributed by atoms with E-state index in [1.54, 1.807) is 0 Å². The van der Waals surface area contributed by atoms with E-state index in [4.69, 9.17) is 4.52 Å². The molecule has 0 unspecified atom stereocenters. The number of hydrogen-bond donors (Lipinski definition) is 0. The topological polar surface area (TPSA) is 66.0 Å². The second-order valence-electron chi connectivity index (χ2n) is 6.81. The zero-order chi connectivity index (χ0) is 21.3. The van der Waals surface area contributed by atoms with E-state index < -0.39 is 6.36 Å². The molecular weight excluding hydrogens is 397 g/mol. The van der Waals surface area contributed by atoms with Crippen molar-refractivity contribution in [3.63, 3.8) is 0 Å². The van der Waals surface area contributed by atoms with Gasteiger partial charge in [-0.05, 0) is 49.7 Å². The Morgan fingerprint density at radius 2 is 1.80 bits per heavy atom. The third-order valence-corrected chi connectivity index (χ3v) is 4.39. The van der Waals surface area contributed by atoms with E-state index in [-0.39, 0.29) is 17.5 Å². The Labute approximate surface area is 169 Å². The molecule has 2 aromatic carbocycles. The minimum Gasteiger partial charge on any atom is -0.406 e. The number of rotatable bonds is 5. The highest BCUT2D eigenvalue weighted by Crippen LogP contribution is 2.27. The van der Waals surface area contributed by atoms with E-state index in [0.717, 1.165) is 11.3 Å². The van der Waals surface area contributed by atoms with Gasteiger partial charge in [-0.15, -0.1) is 13.2 Å². The van der Waals surface area contributed by atoms with Crippen LogP contribution in [-0.2, 0) is 6.54 Å². The molecule has 0 aliphatic carbocycles. The van der Waals surface area contributed by atoms with Crippen LogP contribution in [0.4, 0.5) is 13.2 Å². The molecule has 0 saturated carbocycles. The predicted octanol–water partition coefficient (Wildman–Crippen LogP) is 5.16. The Hall–Kier alpha value is -3.62. The van der Waals surface area contributed by atoms with Crippen LogP contribution in [0.5, 0.6) is 5.75 Å². The molecule has 2 heterocycles. The molecule has 0 amide bonds. The van der Waals surface area contributed by atoms with Gasteiger partial charge in [-0.1, -0.05) is 35.0 Å². The molecule has 154 valence electrons. The lowest BCUT2D eigenvalue weighted by molar-refractivity contribution is -0.274. The van der Waals surface area contributed by atoms with Gasteiger partial charge in [-0.3, -0.25) is 4.68 Å². The summed E-state index contributed by atoms with van der Waals surface area (Å²) in [5, 5.41) is 8.44. The minimum atomic E-state index is -4.74. The molecule has 0 aliphatic rings. The smallest absolute Gasteiger partial charge is 0.406 e. The van der Waals surface area contributed by atoms with Crippen LogP contribution >= 0.6 is 0 Å². The van der Waals surface area contributed by atoms with Crippen molar-refractivity contribution in [3.8, 4) is 28.7 Å². The number of ether oxygens (including phenoxy) is 1. The summed E-state index contributed by atoms with van der Waals surface area (Å²) in [6, 6.07) is 15.2. The SMILES string of the molecule is Cc1cccc(Cn2nc(-c3nc(-c4ccc(OC(F)(F)F)cc4)no3)cc2C)c1. The van der Waals surface area contributed by atoms with E-state index in [1.807, 2.05) is 42.8 Å². The van der Waals surface area contributed by atoms with Gasteiger partial charge >= 0.3 is 6.36 Å². The van der Waals surface area contributed by atoms with Crippen molar-refractivity contribution < 1.29 is 22.4 Å². The van der Waals surface area contributed by atoms with E-state index in [2.05, 4.69) is 26.0 Å². The molecule has 0 radical (unpaired) electrons. The van der Waals surface area contributed by atoms with Gasteiger partial charge in [0, 0.05) is 11.3 Å². The van der Waals surface area contributed by atoms with Crippen LogP contribution in [0, 0.1) is 13.8 Å². The van der Waals surface area contributed by atoms with Gasteiger partial charge in [-0.2, -0.15) is 10.1 Å². The molecule has 2 aromatic heterocycles. The molecule has 4 rings (SSSR count). The van der Waals surface area contributed by atoms with Crippen molar-refractivity contribution in [1.82, 2.24) is 19.9 Å². The fraction of sp³-hybridized carbons (Fsp3) is 0.190.